The van der Waals surface area contributed by atoms with Crippen LogP contribution in [0.1, 0.15) is 6.92 Å². The lowest BCUT2D eigenvalue weighted by atomic mass is 10.4. The van der Waals surface area contributed by atoms with Crippen LogP contribution in [0.4, 0.5) is 5.69 Å². The smallest absolute Gasteiger partial charge is 0.269 e. The molecule has 1 amide bonds. The number of hydrogen-bond donors (Lipinski definition) is 1. The Morgan fingerprint density at radius 1 is 1.67 bits per heavy atom. The Balaban J connectivity index is 2.78. The van der Waals surface area contributed by atoms with E-state index in [0.29, 0.717) is 0 Å². The summed E-state index contributed by atoms with van der Waals surface area (Å²) >= 11 is 0. The minimum atomic E-state index is -0.334. The summed E-state index contributed by atoms with van der Waals surface area (Å²) in [6.07, 6.45) is 6.57. The van der Waals surface area contributed by atoms with Gasteiger partial charge in [-0.1, -0.05) is 5.92 Å². The van der Waals surface area contributed by atoms with E-state index in [2.05, 4.69) is 16.3 Å². The Kier molecular flexibility index (Phi) is 4.93. The van der Waals surface area contributed by atoms with Crippen molar-refractivity contribution in [1.82, 2.24) is 15.1 Å². The van der Waals surface area contributed by atoms with E-state index < -0.39 is 0 Å². The molecule has 0 radical (unpaired) electrons. The first kappa shape index (κ1) is 13.8. The maximum Gasteiger partial charge on any atom is 0.269 e. The molecule has 0 atom stereocenters. The fraction of sp³-hybridized carbons (Fsp3) is 0.417. The third-order valence-corrected chi connectivity index (χ3v) is 2.45. The Morgan fingerprint density at radius 3 is 2.94 bits per heavy atom. The van der Waals surface area contributed by atoms with Gasteiger partial charge in [0.1, 0.15) is 6.54 Å². The van der Waals surface area contributed by atoms with Crippen LogP contribution in [0.5, 0.6) is 0 Å². The number of nitrogens with one attached hydrogen (secondary N) is 1. The van der Waals surface area contributed by atoms with Crippen LogP contribution in [0.2, 0.25) is 0 Å². The van der Waals surface area contributed by atoms with Gasteiger partial charge in [0.25, 0.3) is 5.56 Å². The van der Waals surface area contributed by atoms with Gasteiger partial charge in [0.2, 0.25) is 5.91 Å². The van der Waals surface area contributed by atoms with Crippen LogP contribution in [0, 0.1) is 12.3 Å². The Hall–Kier alpha value is -2.29. The fourth-order valence-corrected chi connectivity index (χ4v) is 1.28. The lowest BCUT2D eigenvalue weighted by molar-refractivity contribution is -0.121. The van der Waals surface area contributed by atoms with Gasteiger partial charge in [-0.2, -0.15) is 5.10 Å². The molecule has 6 nitrogen and oxygen atoms in total. The summed E-state index contributed by atoms with van der Waals surface area (Å²) in [5, 5.41) is 6.42. The average molecular weight is 248 g/mol. The van der Waals surface area contributed by atoms with E-state index in [-0.39, 0.29) is 24.6 Å². The number of anilines is 1. The highest BCUT2D eigenvalue weighted by Gasteiger charge is 2.06. The standard InChI is InChI=1S/C12H16N4O2/c1-4-6-13-11(17)9-16-12(18)7-10(8-14-16)15(3)5-2/h1,7-8H,5-6,9H2,2-3H3,(H,13,17). The highest BCUT2D eigenvalue weighted by Crippen LogP contribution is 2.05. The van der Waals surface area contributed by atoms with Crippen LogP contribution in [0.3, 0.4) is 0 Å². The van der Waals surface area contributed by atoms with Gasteiger partial charge < -0.3 is 10.2 Å². The van der Waals surface area contributed by atoms with Gasteiger partial charge in [0.15, 0.2) is 0 Å². The second kappa shape index (κ2) is 6.45. The third kappa shape index (κ3) is 3.63. The van der Waals surface area contributed by atoms with E-state index in [1.807, 2.05) is 18.9 Å². The molecule has 6 heteroatoms. The van der Waals surface area contributed by atoms with Crippen molar-refractivity contribution in [2.24, 2.45) is 0 Å². The summed E-state index contributed by atoms with van der Waals surface area (Å²) < 4.78 is 1.10. The van der Waals surface area contributed by atoms with Crippen LogP contribution in [-0.4, -0.2) is 35.8 Å². The average Bonchev–Trinajstić information content (AvgIpc) is 2.37. The van der Waals surface area contributed by atoms with E-state index >= 15 is 0 Å². The van der Waals surface area contributed by atoms with Crippen molar-refractivity contribution >= 4 is 11.6 Å². The molecule has 0 aromatic carbocycles. The van der Waals surface area contributed by atoms with Crippen LogP contribution < -0.4 is 15.8 Å². The molecule has 1 heterocycles. The van der Waals surface area contributed by atoms with Crippen molar-refractivity contribution in [3.8, 4) is 12.3 Å². The SMILES string of the molecule is C#CCNC(=O)Cn1ncc(N(C)CC)cc1=O. The molecule has 0 aliphatic carbocycles. The molecular weight excluding hydrogens is 232 g/mol. The molecule has 0 fully saturated rings. The highest BCUT2D eigenvalue weighted by atomic mass is 16.2. The van der Waals surface area contributed by atoms with Gasteiger partial charge in [-0.25, -0.2) is 4.68 Å². The maximum absolute atomic E-state index is 11.7. The zero-order chi connectivity index (χ0) is 13.5. The second-order valence-electron chi connectivity index (χ2n) is 3.70. The summed E-state index contributed by atoms with van der Waals surface area (Å²) in [5.74, 6) is 1.95. The molecule has 0 saturated heterocycles. The molecule has 1 rings (SSSR count). The number of hydrogen-bond acceptors (Lipinski definition) is 4. The van der Waals surface area contributed by atoms with Gasteiger partial charge in [0.05, 0.1) is 18.4 Å². The summed E-state index contributed by atoms with van der Waals surface area (Å²) in [7, 11) is 1.86. The first-order chi connectivity index (χ1) is 8.58. The maximum atomic E-state index is 11.7. The highest BCUT2D eigenvalue weighted by molar-refractivity contribution is 5.75. The van der Waals surface area contributed by atoms with Crippen molar-refractivity contribution in [3.05, 3.63) is 22.6 Å². The number of rotatable bonds is 5. The van der Waals surface area contributed by atoms with Crippen LogP contribution in [0.25, 0.3) is 0 Å². The van der Waals surface area contributed by atoms with Crippen LogP contribution >= 0.6 is 0 Å². The number of nitrogens with zero attached hydrogens (tertiary/aromatic N) is 3. The molecule has 0 bridgehead atoms. The topological polar surface area (TPSA) is 67.2 Å². The number of carbonyl (C=O) groups excluding carboxylic acids is 1. The lowest BCUT2D eigenvalue weighted by Crippen LogP contribution is -2.34. The Morgan fingerprint density at radius 2 is 2.39 bits per heavy atom. The number of terminal acetylenes is 1. The monoisotopic (exact) mass is 248 g/mol. The summed E-state index contributed by atoms with van der Waals surface area (Å²) in [4.78, 5) is 25.0. The first-order valence-electron chi connectivity index (χ1n) is 5.57. The third-order valence-electron chi connectivity index (χ3n) is 2.45. The number of carbonyl (C=O) groups is 1. The molecule has 0 aliphatic heterocycles. The van der Waals surface area contributed by atoms with E-state index in [1.165, 1.54) is 6.07 Å². The largest absolute Gasteiger partial charge is 0.373 e. The summed E-state index contributed by atoms with van der Waals surface area (Å²) in [6, 6.07) is 1.45. The Labute approximate surface area is 106 Å². The molecular formula is C12H16N4O2. The lowest BCUT2D eigenvalue weighted by Gasteiger charge is -2.16. The van der Waals surface area contributed by atoms with Gasteiger partial charge in [-0.15, -0.1) is 6.42 Å². The molecule has 0 unspecified atom stereocenters. The minimum Gasteiger partial charge on any atom is -0.373 e. The molecule has 96 valence electrons. The molecule has 1 N–H and O–H groups in total. The normalized spacial score (nSPS) is 9.61. The van der Waals surface area contributed by atoms with Crippen molar-refractivity contribution in [1.29, 1.82) is 0 Å². The van der Waals surface area contributed by atoms with Crippen LogP contribution in [0.15, 0.2) is 17.1 Å². The number of aromatic nitrogens is 2. The van der Waals surface area contributed by atoms with Crippen molar-refractivity contribution in [2.75, 3.05) is 25.0 Å². The zero-order valence-corrected chi connectivity index (χ0v) is 10.5. The first-order valence-corrected chi connectivity index (χ1v) is 5.57. The van der Waals surface area contributed by atoms with Crippen molar-refractivity contribution in [2.45, 2.75) is 13.5 Å². The van der Waals surface area contributed by atoms with Gasteiger partial charge in [-0.05, 0) is 6.92 Å². The molecule has 0 spiro atoms. The van der Waals surface area contributed by atoms with Gasteiger partial charge in [0, 0.05) is 19.7 Å². The van der Waals surface area contributed by atoms with Crippen molar-refractivity contribution in [3.63, 3.8) is 0 Å². The number of amides is 1. The van der Waals surface area contributed by atoms with E-state index in [0.717, 1.165) is 16.9 Å². The predicted molar refractivity (Wildman–Crippen MR) is 69.3 cm³/mol. The Bertz CT molecular complexity index is 516. The quantitative estimate of drug-likeness (QED) is 0.710. The molecule has 0 aliphatic rings. The zero-order valence-electron chi connectivity index (χ0n) is 10.5. The molecule has 0 saturated carbocycles. The van der Waals surface area contributed by atoms with E-state index in [1.54, 1.807) is 6.20 Å². The van der Waals surface area contributed by atoms with Crippen LogP contribution in [-0.2, 0) is 11.3 Å². The van der Waals surface area contributed by atoms with Gasteiger partial charge >= 0.3 is 0 Å². The predicted octanol–water partition coefficient (Wildman–Crippen LogP) is -0.551. The summed E-state index contributed by atoms with van der Waals surface area (Å²) in [5.41, 5.74) is 0.409. The fourth-order valence-electron chi connectivity index (χ4n) is 1.28. The van der Waals surface area contributed by atoms with E-state index in [4.69, 9.17) is 6.42 Å². The summed E-state index contributed by atoms with van der Waals surface area (Å²) in [6.45, 7) is 2.76. The molecule has 18 heavy (non-hydrogen) atoms. The van der Waals surface area contributed by atoms with Gasteiger partial charge in [-0.3, -0.25) is 9.59 Å². The second-order valence-corrected chi connectivity index (χ2v) is 3.70. The molecule has 1 aromatic heterocycles. The minimum absolute atomic E-state index is 0.128. The van der Waals surface area contributed by atoms with Crippen molar-refractivity contribution < 1.29 is 4.79 Å². The molecule has 1 aromatic rings. The van der Waals surface area contributed by atoms with E-state index in [9.17, 15) is 9.59 Å².